The zero-order chi connectivity index (χ0) is 18.7. The molecular formula is C18H17ClFN3O3. The van der Waals surface area contributed by atoms with Crippen LogP contribution in [0.5, 0.6) is 0 Å². The van der Waals surface area contributed by atoms with E-state index >= 15 is 0 Å². The predicted octanol–water partition coefficient (Wildman–Crippen LogP) is 3.43. The van der Waals surface area contributed by atoms with Crippen LogP contribution < -0.4 is 10.2 Å². The van der Waals surface area contributed by atoms with E-state index in [0.29, 0.717) is 37.4 Å². The van der Waals surface area contributed by atoms with E-state index in [4.69, 9.17) is 16.7 Å². The third kappa shape index (κ3) is 4.11. The second-order valence-corrected chi connectivity index (χ2v) is 6.47. The number of piperidine rings is 1. The lowest BCUT2D eigenvalue weighted by Crippen LogP contribution is -2.38. The molecule has 0 unspecified atom stereocenters. The molecule has 8 heteroatoms. The maximum absolute atomic E-state index is 13.2. The molecule has 26 heavy (non-hydrogen) atoms. The van der Waals surface area contributed by atoms with Gasteiger partial charge in [-0.15, -0.1) is 0 Å². The van der Waals surface area contributed by atoms with Crippen molar-refractivity contribution in [2.45, 2.75) is 12.8 Å². The van der Waals surface area contributed by atoms with Gasteiger partial charge in [0.15, 0.2) is 5.69 Å². The Labute approximate surface area is 154 Å². The molecule has 2 aromatic rings. The lowest BCUT2D eigenvalue weighted by atomic mass is 9.95. The highest BCUT2D eigenvalue weighted by Crippen LogP contribution is 2.25. The van der Waals surface area contributed by atoms with Gasteiger partial charge < -0.3 is 15.3 Å². The first-order valence-corrected chi connectivity index (χ1v) is 8.53. The van der Waals surface area contributed by atoms with Gasteiger partial charge >= 0.3 is 5.97 Å². The number of aromatic nitrogens is 1. The van der Waals surface area contributed by atoms with Gasteiger partial charge in [-0.1, -0.05) is 17.7 Å². The molecule has 0 bridgehead atoms. The Hall–Kier alpha value is -2.67. The number of aromatic carboxylic acids is 1. The summed E-state index contributed by atoms with van der Waals surface area (Å²) in [5.41, 5.74) is 0.454. The van der Waals surface area contributed by atoms with Crippen LogP contribution in [0, 0.1) is 11.7 Å². The molecule has 6 nitrogen and oxygen atoms in total. The fourth-order valence-electron chi connectivity index (χ4n) is 2.91. The van der Waals surface area contributed by atoms with Gasteiger partial charge in [0, 0.05) is 24.7 Å². The van der Waals surface area contributed by atoms with Crippen molar-refractivity contribution in [3.8, 4) is 0 Å². The number of hydrogen-bond donors (Lipinski definition) is 2. The number of halogens is 2. The average Bonchev–Trinajstić information content (AvgIpc) is 2.65. The molecule has 136 valence electrons. The molecule has 1 aromatic carbocycles. The number of rotatable bonds is 4. The van der Waals surface area contributed by atoms with Gasteiger partial charge in [0.1, 0.15) is 11.6 Å². The Balaban J connectivity index is 1.59. The number of hydrogen-bond acceptors (Lipinski definition) is 4. The number of carboxylic acid groups (broad SMARTS) is 1. The number of amides is 1. The summed E-state index contributed by atoms with van der Waals surface area (Å²) in [6.45, 7) is 1.19. The van der Waals surface area contributed by atoms with Crippen LogP contribution in [0.4, 0.5) is 15.9 Å². The first-order valence-electron chi connectivity index (χ1n) is 8.15. The molecule has 1 saturated heterocycles. The highest BCUT2D eigenvalue weighted by molar-refractivity contribution is 6.31. The summed E-state index contributed by atoms with van der Waals surface area (Å²) < 4.78 is 13.2. The third-order valence-corrected chi connectivity index (χ3v) is 4.62. The Bertz CT molecular complexity index is 838. The normalized spacial score (nSPS) is 14.9. The topological polar surface area (TPSA) is 82.5 Å². The van der Waals surface area contributed by atoms with Gasteiger partial charge in [0.05, 0.1) is 5.02 Å². The molecule has 0 aliphatic carbocycles. The van der Waals surface area contributed by atoms with Crippen molar-refractivity contribution in [3.63, 3.8) is 0 Å². The summed E-state index contributed by atoms with van der Waals surface area (Å²) in [6.07, 6.45) is 1.22. The van der Waals surface area contributed by atoms with Crippen molar-refractivity contribution in [1.82, 2.24) is 4.98 Å². The fraction of sp³-hybridized carbons (Fsp3) is 0.278. The van der Waals surface area contributed by atoms with Crippen LogP contribution in [0.15, 0.2) is 36.4 Å². The van der Waals surface area contributed by atoms with Crippen LogP contribution in [0.25, 0.3) is 0 Å². The van der Waals surface area contributed by atoms with Crippen LogP contribution in [0.3, 0.4) is 0 Å². The number of anilines is 2. The summed E-state index contributed by atoms with van der Waals surface area (Å²) in [4.78, 5) is 29.5. The number of nitrogens with zero attached hydrogens (tertiary/aromatic N) is 2. The number of carboxylic acids is 1. The molecule has 3 rings (SSSR count). The summed E-state index contributed by atoms with van der Waals surface area (Å²) in [5, 5.41) is 11.7. The van der Waals surface area contributed by atoms with Crippen LogP contribution in [0.1, 0.15) is 23.3 Å². The van der Waals surface area contributed by atoms with Crippen molar-refractivity contribution in [2.75, 3.05) is 23.3 Å². The van der Waals surface area contributed by atoms with Gasteiger partial charge in [-0.3, -0.25) is 4.79 Å². The second kappa shape index (κ2) is 7.70. The maximum Gasteiger partial charge on any atom is 0.354 e. The summed E-state index contributed by atoms with van der Waals surface area (Å²) in [6, 6.07) is 8.92. The van der Waals surface area contributed by atoms with E-state index in [-0.39, 0.29) is 22.5 Å². The molecule has 1 amide bonds. The molecule has 2 heterocycles. The first kappa shape index (κ1) is 18.1. The first-order chi connectivity index (χ1) is 12.4. The van der Waals surface area contributed by atoms with E-state index in [1.807, 2.05) is 4.90 Å². The monoisotopic (exact) mass is 377 g/mol. The predicted molar refractivity (Wildman–Crippen MR) is 96.2 cm³/mol. The lowest BCUT2D eigenvalue weighted by Gasteiger charge is -2.32. The summed E-state index contributed by atoms with van der Waals surface area (Å²) in [5.74, 6) is -1.33. The quantitative estimate of drug-likeness (QED) is 0.853. The summed E-state index contributed by atoms with van der Waals surface area (Å²) >= 11 is 5.72. The second-order valence-electron chi connectivity index (χ2n) is 6.07. The number of carbonyl (C=O) groups is 2. The number of pyridine rings is 1. The van der Waals surface area contributed by atoms with Crippen molar-refractivity contribution >= 4 is 35.0 Å². The minimum Gasteiger partial charge on any atom is -0.477 e. The van der Waals surface area contributed by atoms with Crippen molar-refractivity contribution in [2.24, 2.45) is 5.92 Å². The van der Waals surface area contributed by atoms with E-state index in [0.717, 1.165) is 0 Å². The molecule has 2 N–H and O–H groups in total. The number of benzene rings is 1. The maximum atomic E-state index is 13.2. The van der Waals surface area contributed by atoms with Gasteiger partial charge in [0.2, 0.25) is 5.91 Å². The molecular weight excluding hydrogens is 361 g/mol. The van der Waals surface area contributed by atoms with E-state index in [1.54, 1.807) is 12.1 Å². The number of carbonyl (C=O) groups excluding carboxylic acids is 1. The smallest absolute Gasteiger partial charge is 0.354 e. The van der Waals surface area contributed by atoms with E-state index in [1.165, 1.54) is 24.3 Å². The van der Waals surface area contributed by atoms with Gasteiger partial charge in [-0.25, -0.2) is 14.2 Å². The summed E-state index contributed by atoms with van der Waals surface area (Å²) in [7, 11) is 0. The van der Waals surface area contributed by atoms with Crippen LogP contribution in [-0.4, -0.2) is 35.1 Å². The minimum absolute atomic E-state index is 0.00412. The fourth-order valence-corrected chi connectivity index (χ4v) is 3.09. The highest BCUT2D eigenvalue weighted by atomic mass is 35.5. The van der Waals surface area contributed by atoms with E-state index < -0.39 is 11.8 Å². The average molecular weight is 378 g/mol. The zero-order valence-electron chi connectivity index (χ0n) is 13.8. The SMILES string of the molecule is O=C(O)c1cccc(N2CCC(C(=O)Nc3ccc(F)c(Cl)c3)CC2)n1. The standard InChI is InChI=1S/C18H17ClFN3O3/c19-13-10-12(4-5-14(13)20)21-17(24)11-6-8-23(9-7-11)16-3-1-2-15(22-16)18(25)26/h1-5,10-11H,6-9H2,(H,21,24)(H,25,26). The minimum atomic E-state index is -1.07. The number of nitrogens with one attached hydrogen (secondary N) is 1. The Kier molecular flexibility index (Phi) is 5.37. The molecule has 0 saturated carbocycles. The van der Waals surface area contributed by atoms with Crippen LogP contribution in [-0.2, 0) is 4.79 Å². The molecule has 0 atom stereocenters. The third-order valence-electron chi connectivity index (χ3n) is 4.33. The highest BCUT2D eigenvalue weighted by Gasteiger charge is 2.26. The Morgan fingerprint density at radius 3 is 2.62 bits per heavy atom. The zero-order valence-corrected chi connectivity index (χ0v) is 14.5. The molecule has 1 fully saturated rings. The van der Waals surface area contributed by atoms with Crippen LogP contribution in [0.2, 0.25) is 5.02 Å². The van der Waals surface area contributed by atoms with Crippen LogP contribution >= 0.6 is 11.6 Å². The van der Waals surface area contributed by atoms with Crippen molar-refractivity contribution in [1.29, 1.82) is 0 Å². The van der Waals surface area contributed by atoms with Gasteiger partial charge in [-0.2, -0.15) is 0 Å². The Morgan fingerprint density at radius 2 is 1.96 bits per heavy atom. The molecule has 1 aromatic heterocycles. The van der Waals surface area contributed by atoms with E-state index in [9.17, 15) is 14.0 Å². The van der Waals surface area contributed by atoms with Gasteiger partial charge in [0.25, 0.3) is 0 Å². The lowest BCUT2D eigenvalue weighted by molar-refractivity contribution is -0.120. The molecule has 0 spiro atoms. The Morgan fingerprint density at radius 1 is 1.23 bits per heavy atom. The van der Waals surface area contributed by atoms with Crippen molar-refractivity contribution in [3.05, 3.63) is 52.9 Å². The molecule has 1 aliphatic rings. The van der Waals surface area contributed by atoms with Crippen molar-refractivity contribution < 1.29 is 19.1 Å². The van der Waals surface area contributed by atoms with E-state index in [2.05, 4.69) is 10.3 Å². The molecule has 0 radical (unpaired) electrons. The van der Waals surface area contributed by atoms with Gasteiger partial charge in [-0.05, 0) is 43.2 Å². The largest absolute Gasteiger partial charge is 0.477 e. The molecule has 1 aliphatic heterocycles.